The van der Waals surface area contributed by atoms with Gasteiger partial charge < -0.3 is 4.90 Å². The maximum absolute atomic E-state index is 5.41. The smallest absolute Gasteiger partial charge is 0.226 e. The van der Waals surface area contributed by atoms with Gasteiger partial charge in [-0.25, -0.2) is 10.1 Å². The molecule has 0 radical (unpaired) electrons. The Morgan fingerprint density at radius 2 is 2.31 bits per heavy atom. The minimum atomic E-state index is -0.160. The second kappa shape index (κ2) is 3.63. The molecule has 2 heterocycles. The quantitative estimate of drug-likeness (QED) is 0.665. The van der Waals surface area contributed by atoms with E-state index in [9.17, 15) is 0 Å². The fourth-order valence-corrected chi connectivity index (χ4v) is 1.98. The Morgan fingerprint density at radius 3 is 2.88 bits per heavy atom. The second-order valence-electron chi connectivity index (χ2n) is 4.90. The fraction of sp³-hybridized carbons (Fsp3) is 0.583. The van der Waals surface area contributed by atoms with Gasteiger partial charge in [-0.2, -0.15) is 0 Å². The summed E-state index contributed by atoms with van der Waals surface area (Å²) in [4.78, 5) is 12.2. The number of aliphatic imine (C=N–C) groups is 1. The van der Waals surface area contributed by atoms with Gasteiger partial charge in [0.05, 0.1) is 25.2 Å². The number of nitrogens with zero attached hydrogens (tertiary/aromatic N) is 3. The predicted molar refractivity (Wildman–Crippen MR) is 64.8 cm³/mol. The van der Waals surface area contributed by atoms with Crippen LogP contribution in [0.3, 0.4) is 0 Å². The molecule has 88 valence electrons. The van der Waals surface area contributed by atoms with Crippen molar-refractivity contribution in [3.63, 3.8) is 0 Å². The van der Waals surface area contributed by atoms with Crippen molar-refractivity contribution in [3.8, 4) is 0 Å². The van der Waals surface area contributed by atoms with Gasteiger partial charge in [0.1, 0.15) is 0 Å². The minimum absolute atomic E-state index is 0.160. The van der Waals surface area contributed by atoms with Gasteiger partial charge in [-0.05, 0) is 26.8 Å². The van der Waals surface area contributed by atoms with Gasteiger partial charge >= 0.3 is 0 Å². The molecule has 0 aromatic carbocycles. The molecule has 4 nitrogen and oxygen atoms in total. The van der Waals surface area contributed by atoms with E-state index in [0.717, 1.165) is 18.1 Å². The van der Waals surface area contributed by atoms with Crippen molar-refractivity contribution in [3.05, 3.63) is 24.4 Å². The zero-order valence-electron chi connectivity index (χ0n) is 10.4. The van der Waals surface area contributed by atoms with E-state index >= 15 is 0 Å². The third-order valence-corrected chi connectivity index (χ3v) is 2.92. The topological polar surface area (TPSA) is 28.1 Å². The van der Waals surface area contributed by atoms with E-state index in [1.807, 2.05) is 12.0 Å². The predicted octanol–water partition coefficient (Wildman–Crippen LogP) is 1.77. The fourth-order valence-electron chi connectivity index (χ4n) is 1.98. The summed E-state index contributed by atoms with van der Waals surface area (Å²) in [5.74, 6) is 0.878. The Balaban J connectivity index is 2.33. The molecule has 0 aliphatic carbocycles. The molecule has 0 spiro atoms. The summed E-state index contributed by atoms with van der Waals surface area (Å²) >= 11 is 0. The Bertz CT molecular complexity index is 370. The van der Waals surface area contributed by atoms with Crippen molar-refractivity contribution < 1.29 is 4.84 Å². The molecule has 2 aliphatic rings. The second-order valence-corrected chi connectivity index (χ2v) is 4.90. The third kappa shape index (κ3) is 1.73. The highest BCUT2D eigenvalue weighted by molar-refractivity contribution is 5.84. The van der Waals surface area contributed by atoms with Gasteiger partial charge in [0.2, 0.25) is 5.96 Å². The lowest BCUT2D eigenvalue weighted by Gasteiger charge is -2.28. The number of fused-ring (bicyclic) bond motifs is 1. The molecule has 0 amide bonds. The molecule has 1 atom stereocenters. The zero-order chi connectivity index (χ0) is 11.9. The molecule has 0 aromatic heterocycles. The molecule has 1 saturated heterocycles. The number of hydroxylamine groups is 2. The summed E-state index contributed by atoms with van der Waals surface area (Å²) in [5, 5.41) is 1.84. The summed E-state index contributed by atoms with van der Waals surface area (Å²) in [5.41, 5.74) is 0.928. The molecular weight excluding hydrogens is 202 g/mol. The molecule has 16 heavy (non-hydrogen) atoms. The van der Waals surface area contributed by atoms with E-state index in [1.54, 1.807) is 7.11 Å². The van der Waals surface area contributed by atoms with Crippen LogP contribution in [0.1, 0.15) is 20.8 Å². The van der Waals surface area contributed by atoms with Gasteiger partial charge in [-0.3, -0.25) is 4.84 Å². The van der Waals surface area contributed by atoms with Crippen LogP contribution in [0.15, 0.2) is 29.4 Å². The summed E-state index contributed by atoms with van der Waals surface area (Å²) in [6.45, 7) is 11.0. The maximum Gasteiger partial charge on any atom is 0.226 e. The van der Waals surface area contributed by atoms with Crippen molar-refractivity contribution >= 4 is 5.96 Å². The van der Waals surface area contributed by atoms with Crippen LogP contribution in [-0.4, -0.2) is 41.2 Å². The first-order valence-corrected chi connectivity index (χ1v) is 5.49. The number of hydrogen-bond acceptors (Lipinski definition) is 4. The Morgan fingerprint density at radius 1 is 1.62 bits per heavy atom. The van der Waals surface area contributed by atoms with Crippen molar-refractivity contribution in [1.29, 1.82) is 0 Å². The lowest BCUT2D eigenvalue weighted by Crippen LogP contribution is -2.38. The van der Waals surface area contributed by atoms with Crippen LogP contribution >= 0.6 is 0 Å². The summed E-state index contributed by atoms with van der Waals surface area (Å²) in [6.07, 6.45) is 4.18. The minimum Gasteiger partial charge on any atom is -0.315 e. The van der Waals surface area contributed by atoms with E-state index in [2.05, 4.69) is 42.6 Å². The molecule has 0 N–H and O–H groups in total. The highest BCUT2D eigenvalue weighted by Gasteiger charge is 2.38. The highest BCUT2D eigenvalue weighted by Crippen LogP contribution is 2.27. The lowest BCUT2D eigenvalue weighted by atomic mass is 10.1. The standard InChI is InChI=1S/C12H19N3O/c1-9(2)10-8-14-7-6-12(3,4)13-11(14)15(10)16-5/h6-7,10H,1,8H2,2-5H3. The van der Waals surface area contributed by atoms with Crippen molar-refractivity contribution in [1.82, 2.24) is 9.96 Å². The van der Waals surface area contributed by atoms with E-state index in [0.29, 0.717) is 0 Å². The highest BCUT2D eigenvalue weighted by atomic mass is 16.7. The van der Waals surface area contributed by atoms with Crippen molar-refractivity contribution in [2.75, 3.05) is 13.7 Å². The van der Waals surface area contributed by atoms with Crippen LogP contribution in [0.2, 0.25) is 0 Å². The van der Waals surface area contributed by atoms with Crippen LogP contribution in [0.4, 0.5) is 0 Å². The van der Waals surface area contributed by atoms with E-state index in [4.69, 9.17) is 4.84 Å². The monoisotopic (exact) mass is 221 g/mol. The van der Waals surface area contributed by atoms with Crippen molar-refractivity contribution in [2.45, 2.75) is 32.4 Å². The van der Waals surface area contributed by atoms with Crippen LogP contribution in [-0.2, 0) is 4.84 Å². The number of hydrogen-bond donors (Lipinski definition) is 0. The molecule has 1 fully saturated rings. The van der Waals surface area contributed by atoms with Gasteiger partial charge in [-0.15, -0.1) is 0 Å². The third-order valence-electron chi connectivity index (χ3n) is 2.92. The normalized spacial score (nSPS) is 26.8. The molecule has 0 aromatic rings. The molecular formula is C12H19N3O. The maximum atomic E-state index is 5.41. The molecule has 0 saturated carbocycles. The average molecular weight is 221 g/mol. The molecule has 2 rings (SSSR count). The van der Waals surface area contributed by atoms with E-state index in [1.165, 1.54) is 0 Å². The molecule has 4 heteroatoms. The van der Waals surface area contributed by atoms with Gasteiger partial charge in [0.25, 0.3) is 0 Å². The first-order valence-electron chi connectivity index (χ1n) is 5.49. The van der Waals surface area contributed by atoms with Gasteiger partial charge in [-0.1, -0.05) is 12.2 Å². The van der Waals surface area contributed by atoms with Crippen LogP contribution in [0.5, 0.6) is 0 Å². The Kier molecular flexibility index (Phi) is 2.54. The van der Waals surface area contributed by atoms with Gasteiger partial charge in [0.15, 0.2) is 0 Å². The summed E-state index contributed by atoms with van der Waals surface area (Å²) in [6, 6.07) is 0.183. The zero-order valence-corrected chi connectivity index (χ0v) is 10.4. The van der Waals surface area contributed by atoms with Crippen molar-refractivity contribution in [2.24, 2.45) is 4.99 Å². The molecule has 0 bridgehead atoms. The van der Waals surface area contributed by atoms with Crippen LogP contribution in [0, 0.1) is 0 Å². The number of guanidine groups is 1. The Hall–Kier alpha value is -1.29. The Labute approximate surface area is 96.8 Å². The van der Waals surface area contributed by atoms with Crippen LogP contribution < -0.4 is 0 Å². The molecule has 1 unspecified atom stereocenters. The molecule has 2 aliphatic heterocycles. The summed E-state index contributed by atoms with van der Waals surface area (Å²) < 4.78 is 0. The first kappa shape index (κ1) is 11.2. The first-order chi connectivity index (χ1) is 7.44. The SMILES string of the molecule is C=C(C)C1CN2C=CC(C)(C)N=C2N1OC. The van der Waals surface area contributed by atoms with Gasteiger partial charge in [0, 0.05) is 6.20 Å². The van der Waals surface area contributed by atoms with Crippen LogP contribution in [0.25, 0.3) is 0 Å². The summed E-state index contributed by atoms with van der Waals surface area (Å²) in [7, 11) is 1.67. The number of rotatable bonds is 2. The van der Waals surface area contributed by atoms with E-state index < -0.39 is 0 Å². The lowest BCUT2D eigenvalue weighted by molar-refractivity contribution is -0.0762. The largest absolute Gasteiger partial charge is 0.315 e. The average Bonchev–Trinajstić information content (AvgIpc) is 2.53. The van der Waals surface area contributed by atoms with E-state index in [-0.39, 0.29) is 11.6 Å².